The first-order chi connectivity index (χ1) is 9.24. The maximum Gasteiger partial charge on any atom is 0.274 e. The van der Waals surface area contributed by atoms with E-state index in [1.807, 2.05) is 18.0 Å². The monoisotopic (exact) mass is 259 g/mol. The fourth-order valence-corrected chi connectivity index (χ4v) is 2.60. The number of carbonyl (C=O) groups excluding carboxylic acids is 1. The van der Waals surface area contributed by atoms with Gasteiger partial charge in [-0.15, -0.1) is 0 Å². The van der Waals surface area contributed by atoms with Gasteiger partial charge in [0.1, 0.15) is 5.69 Å². The average molecular weight is 259 g/mol. The van der Waals surface area contributed by atoms with Crippen LogP contribution in [-0.2, 0) is 7.05 Å². The molecule has 0 aliphatic carbocycles. The number of aromatic nitrogens is 4. The van der Waals surface area contributed by atoms with Gasteiger partial charge in [-0.25, -0.2) is 0 Å². The van der Waals surface area contributed by atoms with Gasteiger partial charge in [-0.1, -0.05) is 0 Å². The van der Waals surface area contributed by atoms with Crippen molar-refractivity contribution in [1.29, 1.82) is 0 Å². The van der Waals surface area contributed by atoms with Crippen LogP contribution in [0.3, 0.4) is 0 Å². The van der Waals surface area contributed by atoms with E-state index in [1.54, 1.807) is 23.1 Å². The number of aryl methyl sites for hydroxylation is 1. The van der Waals surface area contributed by atoms with Crippen molar-refractivity contribution in [2.75, 3.05) is 13.1 Å². The van der Waals surface area contributed by atoms with Crippen molar-refractivity contribution >= 4 is 5.91 Å². The molecule has 0 spiro atoms. The van der Waals surface area contributed by atoms with Crippen molar-refractivity contribution in [3.63, 3.8) is 0 Å². The minimum Gasteiger partial charge on any atom is -0.337 e. The van der Waals surface area contributed by atoms with Crippen molar-refractivity contribution in [2.45, 2.75) is 18.8 Å². The van der Waals surface area contributed by atoms with Crippen LogP contribution in [0.4, 0.5) is 0 Å². The molecule has 6 nitrogen and oxygen atoms in total. The number of aromatic amines is 1. The molecular weight excluding hydrogens is 242 g/mol. The highest BCUT2D eigenvalue weighted by atomic mass is 16.2. The fourth-order valence-electron chi connectivity index (χ4n) is 2.60. The van der Waals surface area contributed by atoms with Crippen LogP contribution in [0.2, 0.25) is 0 Å². The predicted octanol–water partition coefficient (Wildman–Crippen LogP) is 1.16. The molecule has 3 heterocycles. The van der Waals surface area contributed by atoms with E-state index in [0.717, 1.165) is 31.6 Å². The SMILES string of the molecule is Cn1ccc(C(=O)N2CCC[C@@H](c3ccn[nH]3)C2)n1. The molecule has 1 fully saturated rings. The number of rotatable bonds is 2. The van der Waals surface area contributed by atoms with Gasteiger partial charge in [-0.2, -0.15) is 10.2 Å². The Bertz CT molecular complexity index is 559. The standard InChI is InChI=1S/C13H17N5O/c1-17-8-5-12(16-17)13(19)18-7-2-3-10(9-18)11-4-6-14-15-11/h4-6,8,10H,2-3,7,9H2,1H3,(H,14,15)/t10-/m1/s1. The lowest BCUT2D eigenvalue weighted by molar-refractivity contribution is 0.0699. The van der Waals surface area contributed by atoms with Crippen LogP contribution in [0, 0.1) is 0 Å². The zero-order valence-corrected chi connectivity index (χ0v) is 10.9. The number of likely N-dealkylation sites (tertiary alicyclic amines) is 1. The Morgan fingerprint density at radius 3 is 3.05 bits per heavy atom. The first kappa shape index (κ1) is 12.0. The second-order valence-electron chi connectivity index (χ2n) is 4.98. The Balaban J connectivity index is 1.73. The minimum absolute atomic E-state index is 0.0183. The normalized spacial score (nSPS) is 19.6. The lowest BCUT2D eigenvalue weighted by Crippen LogP contribution is -2.39. The molecule has 1 aliphatic rings. The molecule has 100 valence electrons. The van der Waals surface area contributed by atoms with Gasteiger partial charge in [0.25, 0.3) is 5.91 Å². The number of amides is 1. The molecule has 2 aromatic rings. The van der Waals surface area contributed by atoms with Crippen molar-refractivity contribution in [3.8, 4) is 0 Å². The third-order valence-corrected chi connectivity index (χ3v) is 3.60. The highest BCUT2D eigenvalue weighted by molar-refractivity contribution is 5.92. The summed E-state index contributed by atoms with van der Waals surface area (Å²) < 4.78 is 1.66. The molecule has 3 rings (SSSR count). The van der Waals surface area contributed by atoms with Gasteiger partial charge in [0, 0.05) is 44.1 Å². The summed E-state index contributed by atoms with van der Waals surface area (Å²) in [5, 5.41) is 11.2. The molecule has 1 saturated heterocycles. The van der Waals surface area contributed by atoms with Gasteiger partial charge < -0.3 is 4.90 Å². The van der Waals surface area contributed by atoms with Crippen LogP contribution < -0.4 is 0 Å². The summed E-state index contributed by atoms with van der Waals surface area (Å²) in [7, 11) is 1.82. The highest BCUT2D eigenvalue weighted by Crippen LogP contribution is 2.25. The van der Waals surface area contributed by atoms with Crippen LogP contribution in [0.1, 0.15) is 34.9 Å². The number of hydrogen-bond donors (Lipinski definition) is 1. The summed E-state index contributed by atoms with van der Waals surface area (Å²) in [6, 6.07) is 3.75. The summed E-state index contributed by atoms with van der Waals surface area (Å²) in [5.74, 6) is 0.369. The van der Waals surface area contributed by atoms with Gasteiger partial charge >= 0.3 is 0 Å². The number of nitrogens with one attached hydrogen (secondary N) is 1. The van der Waals surface area contributed by atoms with Gasteiger partial charge in [0.05, 0.1) is 0 Å². The largest absolute Gasteiger partial charge is 0.337 e. The second kappa shape index (κ2) is 4.87. The molecule has 0 bridgehead atoms. The minimum atomic E-state index is 0.0183. The molecule has 0 unspecified atom stereocenters. The molecule has 1 N–H and O–H groups in total. The molecule has 0 aromatic carbocycles. The van der Waals surface area contributed by atoms with E-state index >= 15 is 0 Å². The quantitative estimate of drug-likeness (QED) is 0.880. The summed E-state index contributed by atoms with van der Waals surface area (Å²) in [6.07, 6.45) is 5.66. The van der Waals surface area contributed by atoms with Crippen molar-refractivity contribution in [1.82, 2.24) is 24.9 Å². The van der Waals surface area contributed by atoms with E-state index in [2.05, 4.69) is 15.3 Å². The van der Waals surface area contributed by atoms with Gasteiger partial charge in [0.2, 0.25) is 0 Å². The van der Waals surface area contributed by atoms with Crippen LogP contribution in [0.25, 0.3) is 0 Å². The Morgan fingerprint density at radius 2 is 2.37 bits per heavy atom. The van der Waals surface area contributed by atoms with Gasteiger partial charge in [0.15, 0.2) is 0 Å². The summed E-state index contributed by atoms with van der Waals surface area (Å²) >= 11 is 0. The zero-order valence-electron chi connectivity index (χ0n) is 10.9. The maximum absolute atomic E-state index is 12.4. The fraction of sp³-hybridized carbons (Fsp3) is 0.462. The molecule has 1 atom stereocenters. The first-order valence-electron chi connectivity index (χ1n) is 6.52. The molecule has 1 aliphatic heterocycles. The lowest BCUT2D eigenvalue weighted by Gasteiger charge is -2.31. The summed E-state index contributed by atoms with van der Waals surface area (Å²) in [4.78, 5) is 14.2. The first-order valence-corrected chi connectivity index (χ1v) is 6.52. The Kier molecular flexibility index (Phi) is 3.06. The third-order valence-electron chi connectivity index (χ3n) is 3.60. The Hall–Kier alpha value is -2.11. The van der Waals surface area contributed by atoms with E-state index in [9.17, 15) is 4.79 Å². The van der Waals surface area contributed by atoms with Gasteiger partial charge in [-0.05, 0) is 25.0 Å². The molecule has 19 heavy (non-hydrogen) atoms. The number of nitrogens with zero attached hydrogens (tertiary/aromatic N) is 4. The van der Waals surface area contributed by atoms with Crippen LogP contribution in [-0.4, -0.2) is 43.9 Å². The summed E-state index contributed by atoms with van der Waals surface area (Å²) in [6.45, 7) is 1.54. The van der Waals surface area contributed by atoms with Crippen LogP contribution in [0.15, 0.2) is 24.5 Å². The Morgan fingerprint density at radius 1 is 1.47 bits per heavy atom. The van der Waals surface area contributed by atoms with E-state index in [4.69, 9.17) is 0 Å². The van der Waals surface area contributed by atoms with Crippen molar-refractivity contribution < 1.29 is 4.79 Å². The summed E-state index contributed by atoms with van der Waals surface area (Å²) in [5.41, 5.74) is 1.63. The number of piperidine rings is 1. The number of carbonyl (C=O) groups is 1. The maximum atomic E-state index is 12.4. The lowest BCUT2D eigenvalue weighted by atomic mass is 9.95. The van der Waals surface area contributed by atoms with Gasteiger partial charge in [-0.3, -0.25) is 14.6 Å². The van der Waals surface area contributed by atoms with Crippen molar-refractivity contribution in [3.05, 3.63) is 35.9 Å². The molecule has 6 heteroatoms. The molecule has 0 radical (unpaired) electrons. The van der Waals surface area contributed by atoms with Crippen molar-refractivity contribution in [2.24, 2.45) is 7.05 Å². The van der Waals surface area contributed by atoms with E-state index in [-0.39, 0.29) is 5.91 Å². The molecule has 0 saturated carbocycles. The smallest absolute Gasteiger partial charge is 0.274 e. The van der Waals surface area contributed by atoms with E-state index in [0.29, 0.717) is 11.6 Å². The molecular formula is C13H17N5O. The molecule has 1 amide bonds. The number of H-pyrrole nitrogens is 1. The third kappa shape index (κ3) is 2.38. The highest BCUT2D eigenvalue weighted by Gasteiger charge is 2.27. The second-order valence-corrected chi connectivity index (χ2v) is 4.98. The predicted molar refractivity (Wildman–Crippen MR) is 69.7 cm³/mol. The Labute approximate surface area is 111 Å². The zero-order chi connectivity index (χ0) is 13.2. The number of hydrogen-bond acceptors (Lipinski definition) is 3. The van der Waals surface area contributed by atoms with E-state index in [1.165, 1.54) is 0 Å². The molecule has 2 aromatic heterocycles. The van der Waals surface area contributed by atoms with Crippen LogP contribution in [0.5, 0.6) is 0 Å². The van der Waals surface area contributed by atoms with E-state index < -0.39 is 0 Å². The topological polar surface area (TPSA) is 66.8 Å². The average Bonchev–Trinajstić information content (AvgIpc) is 3.09. The van der Waals surface area contributed by atoms with Crippen LogP contribution >= 0.6 is 0 Å².